The van der Waals surface area contributed by atoms with Gasteiger partial charge in [-0.2, -0.15) is 5.10 Å². The highest BCUT2D eigenvalue weighted by Gasteiger charge is 2.30. The van der Waals surface area contributed by atoms with Crippen LogP contribution < -0.4 is 0 Å². The van der Waals surface area contributed by atoms with Crippen molar-refractivity contribution in [1.29, 1.82) is 0 Å². The van der Waals surface area contributed by atoms with Crippen LogP contribution in [0.4, 0.5) is 4.79 Å². The summed E-state index contributed by atoms with van der Waals surface area (Å²) >= 11 is 0. The Kier molecular flexibility index (Phi) is 4.98. The first-order valence-corrected chi connectivity index (χ1v) is 10.1. The van der Waals surface area contributed by atoms with Gasteiger partial charge in [-0.3, -0.25) is 4.98 Å². The topological polar surface area (TPSA) is 72.6 Å². The number of amides is 1. The van der Waals surface area contributed by atoms with E-state index in [0.717, 1.165) is 47.5 Å². The predicted molar refractivity (Wildman–Crippen MR) is 111 cm³/mol. The summed E-state index contributed by atoms with van der Waals surface area (Å²) in [5.41, 5.74) is 4.42. The van der Waals surface area contributed by atoms with Crippen LogP contribution in [0.3, 0.4) is 0 Å². The summed E-state index contributed by atoms with van der Waals surface area (Å²) in [6.07, 6.45) is 7.08. The van der Waals surface area contributed by atoms with Crippen LogP contribution in [0.1, 0.15) is 50.9 Å². The minimum atomic E-state index is -0.494. The molecule has 1 unspecified atom stereocenters. The lowest BCUT2D eigenvalue weighted by Crippen LogP contribution is -2.42. The van der Waals surface area contributed by atoms with Gasteiger partial charge in [0.25, 0.3) is 0 Å². The van der Waals surface area contributed by atoms with Crippen LogP contribution in [0.15, 0.2) is 36.8 Å². The summed E-state index contributed by atoms with van der Waals surface area (Å²) in [6.45, 7) is 9.03. The molecule has 3 aromatic heterocycles. The number of carbonyl (C=O) groups excluding carboxylic acids is 1. The minimum absolute atomic E-state index is 0.186. The molecule has 1 amide bonds. The van der Waals surface area contributed by atoms with E-state index in [0.29, 0.717) is 6.54 Å². The number of piperidine rings is 1. The molecule has 29 heavy (non-hydrogen) atoms. The van der Waals surface area contributed by atoms with Crippen LogP contribution >= 0.6 is 0 Å². The van der Waals surface area contributed by atoms with Gasteiger partial charge < -0.3 is 9.64 Å². The molecule has 0 bridgehead atoms. The standard InChI is InChI=1S/C22H27N5O2/c1-15-19(16-7-10-23-11-8-16)20-24-12-9-18(27(20)25-15)17-6-5-13-26(14-17)21(28)29-22(2,3)4/h7-12,17H,5-6,13-14H2,1-4H3. The Bertz CT molecular complexity index is 1020. The van der Waals surface area contributed by atoms with Gasteiger partial charge in [0.1, 0.15) is 5.60 Å². The fourth-order valence-electron chi connectivity index (χ4n) is 3.95. The van der Waals surface area contributed by atoms with Crippen molar-refractivity contribution in [2.45, 2.75) is 52.1 Å². The van der Waals surface area contributed by atoms with Crippen LogP contribution in [0, 0.1) is 6.92 Å². The average Bonchev–Trinajstić information content (AvgIpc) is 3.03. The monoisotopic (exact) mass is 393 g/mol. The molecule has 1 aliphatic heterocycles. The molecule has 7 nitrogen and oxygen atoms in total. The minimum Gasteiger partial charge on any atom is -0.444 e. The third-order valence-electron chi connectivity index (χ3n) is 5.18. The van der Waals surface area contributed by atoms with Gasteiger partial charge in [0.05, 0.1) is 11.4 Å². The summed E-state index contributed by atoms with van der Waals surface area (Å²) in [7, 11) is 0. The SMILES string of the molecule is Cc1nn2c(C3CCCN(C(=O)OC(C)(C)C)C3)ccnc2c1-c1ccncc1. The first-order chi connectivity index (χ1) is 13.8. The molecule has 0 spiro atoms. The van der Waals surface area contributed by atoms with Crippen molar-refractivity contribution in [3.8, 4) is 11.1 Å². The Labute approximate surface area is 170 Å². The first-order valence-electron chi connectivity index (χ1n) is 10.1. The summed E-state index contributed by atoms with van der Waals surface area (Å²) in [4.78, 5) is 23.1. The number of aromatic nitrogens is 4. The van der Waals surface area contributed by atoms with Crippen molar-refractivity contribution >= 4 is 11.7 Å². The van der Waals surface area contributed by atoms with E-state index in [9.17, 15) is 4.79 Å². The van der Waals surface area contributed by atoms with Crippen molar-refractivity contribution in [2.75, 3.05) is 13.1 Å². The molecule has 1 aliphatic rings. The maximum absolute atomic E-state index is 12.6. The summed E-state index contributed by atoms with van der Waals surface area (Å²) < 4.78 is 7.52. The second-order valence-electron chi connectivity index (χ2n) is 8.57. The fraction of sp³-hybridized carbons (Fsp3) is 0.455. The number of pyridine rings is 1. The highest BCUT2D eigenvalue weighted by Crippen LogP contribution is 2.32. The van der Waals surface area contributed by atoms with Crippen LogP contribution in [-0.2, 0) is 4.74 Å². The molecule has 1 atom stereocenters. The zero-order chi connectivity index (χ0) is 20.6. The summed E-state index contributed by atoms with van der Waals surface area (Å²) in [5, 5.41) is 4.79. The molecule has 0 radical (unpaired) electrons. The van der Waals surface area contributed by atoms with Crippen molar-refractivity contribution in [1.82, 2.24) is 24.5 Å². The third kappa shape index (κ3) is 3.95. The maximum Gasteiger partial charge on any atom is 0.410 e. The average molecular weight is 393 g/mol. The third-order valence-corrected chi connectivity index (χ3v) is 5.18. The van der Waals surface area contributed by atoms with Crippen molar-refractivity contribution in [3.63, 3.8) is 0 Å². The number of hydrogen-bond donors (Lipinski definition) is 0. The fourth-order valence-corrected chi connectivity index (χ4v) is 3.95. The van der Waals surface area contributed by atoms with Gasteiger partial charge in [-0.25, -0.2) is 14.3 Å². The summed E-state index contributed by atoms with van der Waals surface area (Å²) in [5.74, 6) is 0.186. The number of fused-ring (bicyclic) bond motifs is 1. The van der Waals surface area contributed by atoms with Gasteiger partial charge in [-0.15, -0.1) is 0 Å². The number of carbonyl (C=O) groups is 1. The zero-order valence-corrected chi connectivity index (χ0v) is 17.4. The van der Waals surface area contributed by atoms with E-state index in [4.69, 9.17) is 9.84 Å². The number of aryl methyl sites for hydroxylation is 1. The lowest BCUT2D eigenvalue weighted by Gasteiger charge is -2.34. The number of hydrogen-bond acceptors (Lipinski definition) is 5. The quantitative estimate of drug-likeness (QED) is 0.652. The Morgan fingerprint density at radius 3 is 2.66 bits per heavy atom. The molecule has 7 heteroatoms. The largest absolute Gasteiger partial charge is 0.444 e. The molecule has 152 valence electrons. The van der Waals surface area contributed by atoms with E-state index < -0.39 is 5.60 Å². The lowest BCUT2D eigenvalue weighted by molar-refractivity contribution is 0.0196. The van der Waals surface area contributed by atoms with E-state index in [1.54, 1.807) is 12.4 Å². The number of rotatable bonds is 2. The molecule has 4 heterocycles. The first kappa shape index (κ1) is 19.4. The van der Waals surface area contributed by atoms with E-state index in [1.165, 1.54) is 0 Å². The van der Waals surface area contributed by atoms with Crippen molar-refractivity contribution < 1.29 is 9.53 Å². The maximum atomic E-state index is 12.6. The Hall–Kier alpha value is -2.96. The van der Waals surface area contributed by atoms with Gasteiger partial charge in [0.15, 0.2) is 5.65 Å². The molecule has 1 saturated heterocycles. The van der Waals surface area contributed by atoms with Crippen LogP contribution in [-0.4, -0.2) is 49.3 Å². The molecule has 0 aromatic carbocycles. The summed E-state index contributed by atoms with van der Waals surface area (Å²) in [6, 6.07) is 5.96. The molecular formula is C22H27N5O2. The molecule has 0 saturated carbocycles. The molecular weight excluding hydrogens is 366 g/mol. The number of likely N-dealkylation sites (tertiary alicyclic amines) is 1. The Balaban J connectivity index is 1.67. The second-order valence-corrected chi connectivity index (χ2v) is 8.57. The molecule has 4 rings (SSSR count). The van der Waals surface area contributed by atoms with E-state index in [-0.39, 0.29) is 12.0 Å². The zero-order valence-electron chi connectivity index (χ0n) is 17.4. The Morgan fingerprint density at radius 1 is 1.17 bits per heavy atom. The molecule has 0 N–H and O–H groups in total. The highest BCUT2D eigenvalue weighted by atomic mass is 16.6. The van der Waals surface area contributed by atoms with Gasteiger partial charge in [-0.1, -0.05) is 0 Å². The van der Waals surface area contributed by atoms with E-state index >= 15 is 0 Å². The smallest absolute Gasteiger partial charge is 0.410 e. The van der Waals surface area contributed by atoms with Crippen molar-refractivity contribution in [3.05, 3.63) is 48.2 Å². The van der Waals surface area contributed by atoms with Crippen LogP contribution in [0.5, 0.6) is 0 Å². The van der Waals surface area contributed by atoms with Gasteiger partial charge in [-0.05, 0) is 64.3 Å². The van der Waals surface area contributed by atoms with Gasteiger partial charge >= 0.3 is 6.09 Å². The highest BCUT2D eigenvalue weighted by molar-refractivity contribution is 5.79. The van der Waals surface area contributed by atoms with E-state index in [1.807, 2.05) is 61.5 Å². The van der Waals surface area contributed by atoms with Crippen LogP contribution in [0.2, 0.25) is 0 Å². The van der Waals surface area contributed by atoms with E-state index in [2.05, 4.69) is 9.97 Å². The predicted octanol–water partition coefficient (Wildman–Crippen LogP) is 4.21. The van der Waals surface area contributed by atoms with Gasteiger partial charge in [0, 0.05) is 43.2 Å². The lowest BCUT2D eigenvalue weighted by atomic mass is 9.94. The number of ether oxygens (including phenoxy) is 1. The molecule has 1 fully saturated rings. The van der Waals surface area contributed by atoms with Crippen molar-refractivity contribution in [2.24, 2.45) is 0 Å². The number of nitrogens with zero attached hydrogens (tertiary/aromatic N) is 5. The molecule has 3 aromatic rings. The second kappa shape index (κ2) is 7.46. The normalized spacial score (nSPS) is 17.5. The van der Waals surface area contributed by atoms with Gasteiger partial charge in [0.2, 0.25) is 0 Å². The van der Waals surface area contributed by atoms with Crippen LogP contribution in [0.25, 0.3) is 16.8 Å². The molecule has 0 aliphatic carbocycles. The Morgan fingerprint density at radius 2 is 1.93 bits per heavy atom.